The van der Waals surface area contributed by atoms with Crippen LogP contribution in [0.4, 0.5) is 0 Å². The van der Waals surface area contributed by atoms with Crippen LogP contribution in [-0.2, 0) is 4.74 Å². The number of fused-ring (bicyclic) bond motifs is 1. The van der Waals surface area contributed by atoms with E-state index in [2.05, 4.69) is 9.97 Å². The van der Waals surface area contributed by atoms with Crippen LogP contribution in [0.2, 0.25) is 0 Å². The fraction of sp³-hybridized carbons (Fsp3) is 0.462. The van der Waals surface area contributed by atoms with Gasteiger partial charge in [0.2, 0.25) is 0 Å². The van der Waals surface area contributed by atoms with Crippen molar-refractivity contribution >= 4 is 11.6 Å². The molecule has 0 bridgehead atoms. The molecule has 1 aliphatic heterocycles. The second-order valence-corrected chi connectivity index (χ2v) is 4.83. The van der Waals surface area contributed by atoms with E-state index >= 15 is 0 Å². The maximum atomic E-state index is 11.1. The van der Waals surface area contributed by atoms with E-state index in [1.54, 1.807) is 4.40 Å². The molecule has 1 atom stereocenters. The van der Waals surface area contributed by atoms with E-state index in [0.717, 1.165) is 30.8 Å². The van der Waals surface area contributed by atoms with Gasteiger partial charge < -0.3 is 9.84 Å². The molecule has 1 saturated heterocycles. The molecule has 0 spiro atoms. The van der Waals surface area contributed by atoms with Gasteiger partial charge in [-0.05, 0) is 25.8 Å². The number of carboxylic acid groups (broad SMARTS) is 1. The van der Waals surface area contributed by atoms with Gasteiger partial charge in [-0.15, -0.1) is 0 Å². The molecule has 1 fully saturated rings. The number of hydrogen-bond acceptors (Lipinski definition) is 4. The highest BCUT2D eigenvalue weighted by molar-refractivity contribution is 5.92. The Kier molecular flexibility index (Phi) is 2.94. The van der Waals surface area contributed by atoms with Gasteiger partial charge in [0.1, 0.15) is 6.33 Å². The Morgan fingerprint density at radius 1 is 1.58 bits per heavy atom. The van der Waals surface area contributed by atoms with Crippen molar-refractivity contribution in [2.75, 3.05) is 13.2 Å². The number of aromatic carboxylic acids is 1. The monoisotopic (exact) mass is 261 g/mol. The van der Waals surface area contributed by atoms with E-state index in [1.165, 1.54) is 6.33 Å². The molecule has 6 heteroatoms. The summed E-state index contributed by atoms with van der Waals surface area (Å²) in [6, 6.07) is 1.99. The van der Waals surface area contributed by atoms with Gasteiger partial charge in [0.15, 0.2) is 11.3 Å². The van der Waals surface area contributed by atoms with Gasteiger partial charge in [-0.3, -0.25) is 4.40 Å². The SMILES string of the molecule is Cc1cc(C2CCCOC2)nc2c(C(=O)O)ncn12. The molecule has 6 nitrogen and oxygen atoms in total. The summed E-state index contributed by atoms with van der Waals surface area (Å²) in [6.45, 7) is 3.37. The largest absolute Gasteiger partial charge is 0.476 e. The molecule has 1 N–H and O–H groups in total. The molecule has 2 aromatic rings. The van der Waals surface area contributed by atoms with Gasteiger partial charge in [-0.2, -0.15) is 0 Å². The fourth-order valence-corrected chi connectivity index (χ4v) is 2.48. The predicted molar refractivity (Wildman–Crippen MR) is 67.5 cm³/mol. The molecule has 19 heavy (non-hydrogen) atoms. The summed E-state index contributed by atoms with van der Waals surface area (Å²) >= 11 is 0. The van der Waals surface area contributed by atoms with Crippen molar-refractivity contribution in [2.45, 2.75) is 25.7 Å². The number of ether oxygens (including phenoxy) is 1. The Morgan fingerprint density at radius 3 is 3.11 bits per heavy atom. The minimum Gasteiger partial charge on any atom is -0.476 e. The second-order valence-electron chi connectivity index (χ2n) is 4.83. The molecule has 1 unspecified atom stereocenters. The van der Waals surface area contributed by atoms with Crippen molar-refractivity contribution in [1.29, 1.82) is 0 Å². The van der Waals surface area contributed by atoms with Crippen LogP contribution >= 0.6 is 0 Å². The van der Waals surface area contributed by atoms with Gasteiger partial charge in [0.05, 0.1) is 12.3 Å². The van der Waals surface area contributed by atoms with Crippen LogP contribution in [0.5, 0.6) is 0 Å². The first-order valence-electron chi connectivity index (χ1n) is 6.32. The van der Waals surface area contributed by atoms with Crippen LogP contribution in [0, 0.1) is 6.92 Å². The predicted octanol–water partition coefficient (Wildman–Crippen LogP) is 1.63. The molecule has 0 aliphatic carbocycles. The molecule has 3 rings (SSSR count). The van der Waals surface area contributed by atoms with Crippen LogP contribution in [0.25, 0.3) is 5.65 Å². The maximum absolute atomic E-state index is 11.1. The lowest BCUT2D eigenvalue weighted by Crippen LogP contribution is -2.17. The summed E-state index contributed by atoms with van der Waals surface area (Å²) in [5.41, 5.74) is 2.24. The molecular formula is C13H15N3O3. The van der Waals surface area contributed by atoms with Crippen molar-refractivity contribution in [3.8, 4) is 0 Å². The Balaban J connectivity index is 2.10. The van der Waals surface area contributed by atoms with E-state index in [9.17, 15) is 4.79 Å². The minimum atomic E-state index is -1.05. The Bertz CT molecular complexity index is 629. The van der Waals surface area contributed by atoms with Crippen LogP contribution in [0.15, 0.2) is 12.4 Å². The Hall–Kier alpha value is -1.95. The van der Waals surface area contributed by atoms with Crippen molar-refractivity contribution in [2.24, 2.45) is 0 Å². The molecule has 0 aromatic carbocycles. The van der Waals surface area contributed by atoms with E-state index in [4.69, 9.17) is 9.84 Å². The quantitative estimate of drug-likeness (QED) is 0.889. The number of nitrogens with zero attached hydrogens (tertiary/aromatic N) is 3. The molecule has 0 radical (unpaired) electrons. The molecule has 1 aliphatic rings. The summed E-state index contributed by atoms with van der Waals surface area (Å²) in [6.07, 6.45) is 3.54. The third-order valence-electron chi connectivity index (χ3n) is 3.50. The zero-order valence-electron chi connectivity index (χ0n) is 10.7. The summed E-state index contributed by atoms with van der Waals surface area (Å²) in [7, 11) is 0. The summed E-state index contributed by atoms with van der Waals surface area (Å²) in [5, 5.41) is 9.12. The number of imidazole rings is 1. The fourth-order valence-electron chi connectivity index (χ4n) is 2.48. The zero-order valence-corrected chi connectivity index (χ0v) is 10.7. The molecule has 0 amide bonds. The normalized spacial score (nSPS) is 19.7. The number of rotatable bonds is 2. The van der Waals surface area contributed by atoms with E-state index < -0.39 is 5.97 Å². The standard InChI is InChI=1S/C13H15N3O3/c1-8-5-10(9-3-2-4-19-6-9)15-12-11(13(17)18)14-7-16(8)12/h5,7,9H,2-4,6H2,1H3,(H,17,18). The first-order chi connectivity index (χ1) is 9.16. The van der Waals surface area contributed by atoms with Gasteiger partial charge >= 0.3 is 5.97 Å². The van der Waals surface area contributed by atoms with Gasteiger partial charge in [-0.1, -0.05) is 0 Å². The number of aryl methyl sites for hydroxylation is 1. The number of carbonyl (C=O) groups is 1. The number of hydrogen-bond donors (Lipinski definition) is 1. The average Bonchev–Trinajstić information content (AvgIpc) is 2.84. The summed E-state index contributed by atoms with van der Waals surface area (Å²) in [4.78, 5) is 19.5. The lowest BCUT2D eigenvalue weighted by Gasteiger charge is -2.22. The first kappa shape index (κ1) is 12.1. The lowest BCUT2D eigenvalue weighted by atomic mass is 9.98. The van der Waals surface area contributed by atoms with Gasteiger partial charge in [0.25, 0.3) is 0 Å². The molecule has 3 heterocycles. The van der Waals surface area contributed by atoms with Crippen LogP contribution in [0.3, 0.4) is 0 Å². The Morgan fingerprint density at radius 2 is 2.42 bits per heavy atom. The van der Waals surface area contributed by atoms with Crippen molar-refractivity contribution in [1.82, 2.24) is 14.4 Å². The number of aromatic nitrogens is 3. The third kappa shape index (κ3) is 2.08. The highest BCUT2D eigenvalue weighted by atomic mass is 16.5. The summed E-state index contributed by atoms with van der Waals surface area (Å²) in [5.74, 6) is -0.805. The molecule has 100 valence electrons. The number of carboxylic acids is 1. The average molecular weight is 261 g/mol. The zero-order chi connectivity index (χ0) is 13.4. The van der Waals surface area contributed by atoms with E-state index in [1.807, 2.05) is 13.0 Å². The maximum Gasteiger partial charge on any atom is 0.358 e. The smallest absolute Gasteiger partial charge is 0.358 e. The highest BCUT2D eigenvalue weighted by Crippen LogP contribution is 2.25. The van der Waals surface area contributed by atoms with Gasteiger partial charge in [0, 0.05) is 18.2 Å². The molecule has 0 saturated carbocycles. The van der Waals surface area contributed by atoms with E-state index in [-0.39, 0.29) is 11.6 Å². The minimum absolute atomic E-state index is 0.00155. The Labute approximate surface area is 110 Å². The lowest BCUT2D eigenvalue weighted by molar-refractivity contribution is 0.0693. The third-order valence-corrected chi connectivity index (χ3v) is 3.50. The van der Waals surface area contributed by atoms with Gasteiger partial charge in [-0.25, -0.2) is 14.8 Å². The molecular weight excluding hydrogens is 246 g/mol. The topological polar surface area (TPSA) is 76.7 Å². The van der Waals surface area contributed by atoms with Crippen molar-refractivity contribution in [3.63, 3.8) is 0 Å². The van der Waals surface area contributed by atoms with Crippen molar-refractivity contribution in [3.05, 3.63) is 29.5 Å². The highest BCUT2D eigenvalue weighted by Gasteiger charge is 2.21. The van der Waals surface area contributed by atoms with Crippen molar-refractivity contribution < 1.29 is 14.6 Å². The van der Waals surface area contributed by atoms with E-state index in [0.29, 0.717) is 12.3 Å². The van der Waals surface area contributed by atoms with Crippen LogP contribution in [0.1, 0.15) is 40.6 Å². The molecule has 2 aromatic heterocycles. The summed E-state index contributed by atoms with van der Waals surface area (Å²) < 4.78 is 7.17. The van der Waals surface area contributed by atoms with Crippen LogP contribution in [-0.4, -0.2) is 38.7 Å². The second kappa shape index (κ2) is 4.62. The first-order valence-corrected chi connectivity index (χ1v) is 6.32. The van der Waals surface area contributed by atoms with Crippen LogP contribution < -0.4 is 0 Å².